The van der Waals surface area contributed by atoms with Crippen LogP contribution in [0.4, 0.5) is 0 Å². The van der Waals surface area contributed by atoms with Gasteiger partial charge in [-0.05, 0) is 31.5 Å². The van der Waals surface area contributed by atoms with E-state index in [4.69, 9.17) is 4.42 Å². The summed E-state index contributed by atoms with van der Waals surface area (Å²) in [4.78, 5) is 0. The van der Waals surface area contributed by atoms with E-state index in [1.54, 1.807) is 0 Å². The van der Waals surface area contributed by atoms with Gasteiger partial charge in [-0.1, -0.05) is 38.5 Å². The third-order valence-corrected chi connectivity index (χ3v) is 4.96. The van der Waals surface area contributed by atoms with Crippen LogP contribution in [0.2, 0.25) is 0 Å². The van der Waals surface area contributed by atoms with Crippen molar-refractivity contribution >= 4 is 21.8 Å². The summed E-state index contributed by atoms with van der Waals surface area (Å²) in [5.74, 6) is 2.30. The van der Waals surface area contributed by atoms with Gasteiger partial charge in [0.1, 0.15) is 11.3 Å². The van der Waals surface area contributed by atoms with Crippen LogP contribution in [-0.2, 0) is 10.8 Å². The molecular formula is C17H25NO2S. The van der Waals surface area contributed by atoms with E-state index in [1.165, 1.54) is 0 Å². The number of nitrogens with one attached hydrogen (secondary N) is 1. The number of hydrogen-bond acceptors (Lipinski definition) is 3. The van der Waals surface area contributed by atoms with Crippen LogP contribution in [0.5, 0.6) is 0 Å². The van der Waals surface area contributed by atoms with Gasteiger partial charge in [0.15, 0.2) is 0 Å². The first-order valence-electron chi connectivity index (χ1n) is 7.81. The highest BCUT2D eigenvalue weighted by Gasteiger charge is 2.18. The van der Waals surface area contributed by atoms with Crippen LogP contribution in [0, 0.1) is 0 Å². The first-order chi connectivity index (χ1) is 10.2. The molecule has 0 saturated carbocycles. The number of benzene rings is 1. The fourth-order valence-electron chi connectivity index (χ4n) is 2.31. The van der Waals surface area contributed by atoms with Crippen molar-refractivity contribution in [2.75, 3.05) is 18.1 Å². The van der Waals surface area contributed by atoms with Gasteiger partial charge in [-0.2, -0.15) is 0 Å². The second kappa shape index (κ2) is 8.35. The zero-order valence-corrected chi connectivity index (χ0v) is 13.7. The number of fused-ring (bicyclic) bond motifs is 1. The van der Waals surface area contributed by atoms with Crippen molar-refractivity contribution in [3.05, 3.63) is 36.1 Å². The third kappa shape index (κ3) is 4.68. The predicted molar refractivity (Wildman–Crippen MR) is 90.0 cm³/mol. The van der Waals surface area contributed by atoms with Crippen LogP contribution >= 0.6 is 0 Å². The van der Waals surface area contributed by atoms with E-state index in [1.807, 2.05) is 24.3 Å². The molecule has 0 saturated heterocycles. The van der Waals surface area contributed by atoms with Crippen molar-refractivity contribution in [2.45, 2.75) is 39.2 Å². The summed E-state index contributed by atoms with van der Waals surface area (Å²) < 4.78 is 18.1. The Morgan fingerprint density at radius 1 is 1.24 bits per heavy atom. The SMILES string of the molecule is CCCCS(=O)CC(NCCC)c1cc2ccccc2o1. The molecule has 1 aromatic heterocycles. The first-order valence-corrected chi connectivity index (χ1v) is 9.30. The van der Waals surface area contributed by atoms with Crippen molar-refractivity contribution < 1.29 is 8.63 Å². The van der Waals surface area contributed by atoms with Crippen LogP contribution < -0.4 is 5.32 Å². The molecule has 2 unspecified atom stereocenters. The maximum absolute atomic E-state index is 12.2. The lowest BCUT2D eigenvalue weighted by molar-refractivity contribution is 0.453. The van der Waals surface area contributed by atoms with E-state index in [9.17, 15) is 4.21 Å². The molecule has 0 spiro atoms. The Kier molecular flexibility index (Phi) is 6.46. The molecule has 2 atom stereocenters. The Bertz CT molecular complexity index is 546. The highest BCUT2D eigenvalue weighted by molar-refractivity contribution is 7.85. The van der Waals surface area contributed by atoms with E-state index in [2.05, 4.69) is 25.2 Å². The molecule has 4 heteroatoms. The minimum atomic E-state index is -0.798. The molecule has 0 fully saturated rings. The van der Waals surface area contributed by atoms with Crippen LogP contribution in [0.1, 0.15) is 44.9 Å². The summed E-state index contributed by atoms with van der Waals surface area (Å²) in [5.41, 5.74) is 0.898. The van der Waals surface area contributed by atoms with Crippen LogP contribution in [-0.4, -0.2) is 22.3 Å². The molecule has 0 aliphatic carbocycles. The highest BCUT2D eigenvalue weighted by Crippen LogP contribution is 2.24. The fourth-order valence-corrected chi connectivity index (χ4v) is 3.74. The van der Waals surface area contributed by atoms with Gasteiger partial charge in [0, 0.05) is 27.7 Å². The lowest BCUT2D eigenvalue weighted by Gasteiger charge is -2.15. The Balaban J connectivity index is 2.12. The summed E-state index contributed by atoms with van der Waals surface area (Å²) in [6.45, 7) is 5.17. The number of furan rings is 1. The summed E-state index contributed by atoms with van der Waals surface area (Å²) >= 11 is 0. The van der Waals surface area contributed by atoms with Gasteiger partial charge in [-0.25, -0.2) is 0 Å². The molecule has 0 aliphatic rings. The van der Waals surface area contributed by atoms with E-state index >= 15 is 0 Å². The Morgan fingerprint density at radius 2 is 2.05 bits per heavy atom. The Labute approximate surface area is 129 Å². The van der Waals surface area contributed by atoms with E-state index in [0.717, 1.165) is 48.3 Å². The van der Waals surface area contributed by atoms with Gasteiger partial charge >= 0.3 is 0 Å². The molecule has 2 aromatic rings. The Morgan fingerprint density at radius 3 is 2.76 bits per heavy atom. The number of para-hydroxylation sites is 1. The molecule has 116 valence electrons. The summed E-state index contributed by atoms with van der Waals surface area (Å²) in [7, 11) is -0.798. The molecular weight excluding hydrogens is 282 g/mol. The van der Waals surface area contributed by atoms with Gasteiger partial charge in [-0.3, -0.25) is 4.21 Å². The fraction of sp³-hybridized carbons (Fsp3) is 0.529. The van der Waals surface area contributed by atoms with E-state index in [-0.39, 0.29) is 6.04 Å². The molecule has 0 bridgehead atoms. The van der Waals surface area contributed by atoms with Crippen LogP contribution in [0.25, 0.3) is 11.0 Å². The van der Waals surface area contributed by atoms with Crippen molar-refractivity contribution in [3.63, 3.8) is 0 Å². The quantitative estimate of drug-likeness (QED) is 0.761. The second-order valence-corrected chi connectivity index (χ2v) is 6.98. The Hall–Kier alpha value is -1.13. The standard InChI is InChI=1S/C17H25NO2S/c1-3-5-11-21(19)13-15(18-10-4-2)17-12-14-8-6-7-9-16(14)20-17/h6-9,12,15,18H,3-5,10-11,13H2,1-2H3. The number of hydrogen-bond donors (Lipinski definition) is 1. The van der Waals surface area contributed by atoms with Gasteiger partial charge in [0.2, 0.25) is 0 Å². The minimum absolute atomic E-state index is 0.0371. The summed E-state index contributed by atoms with van der Waals surface area (Å²) in [6.07, 6.45) is 3.16. The first kappa shape index (κ1) is 16.2. The van der Waals surface area contributed by atoms with Gasteiger partial charge in [-0.15, -0.1) is 0 Å². The largest absolute Gasteiger partial charge is 0.459 e. The molecule has 3 nitrogen and oxygen atoms in total. The van der Waals surface area contributed by atoms with Crippen molar-refractivity contribution in [1.29, 1.82) is 0 Å². The van der Waals surface area contributed by atoms with Crippen LogP contribution in [0.15, 0.2) is 34.7 Å². The third-order valence-electron chi connectivity index (χ3n) is 3.51. The molecule has 0 aliphatic heterocycles. The topological polar surface area (TPSA) is 42.2 Å². The monoisotopic (exact) mass is 307 g/mol. The van der Waals surface area contributed by atoms with E-state index in [0.29, 0.717) is 5.75 Å². The van der Waals surface area contributed by atoms with Gasteiger partial charge in [0.05, 0.1) is 6.04 Å². The average Bonchev–Trinajstić information content (AvgIpc) is 2.93. The maximum Gasteiger partial charge on any atom is 0.134 e. The lowest BCUT2D eigenvalue weighted by Crippen LogP contribution is -2.27. The maximum atomic E-state index is 12.2. The number of unbranched alkanes of at least 4 members (excludes halogenated alkanes) is 1. The molecule has 21 heavy (non-hydrogen) atoms. The molecule has 0 radical (unpaired) electrons. The van der Waals surface area contributed by atoms with E-state index < -0.39 is 10.8 Å². The molecule has 0 amide bonds. The molecule has 1 heterocycles. The molecule has 2 rings (SSSR count). The smallest absolute Gasteiger partial charge is 0.134 e. The second-order valence-electron chi connectivity index (χ2n) is 5.36. The molecule has 1 aromatic carbocycles. The molecule has 1 N–H and O–H groups in total. The summed E-state index contributed by atoms with van der Waals surface area (Å²) in [5, 5.41) is 4.57. The highest BCUT2D eigenvalue weighted by atomic mass is 32.2. The van der Waals surface area contributed by atoms with Crippen molar-refractivity contribution in [2.24, 2.45) is 0 Å². The number of rotatable bonds is 9. The van der Waals surface area contributed by atoms with Crippen LogP contribution in [0.3, 0.4) is 0 Å². The minimum Gasteiger partial charge on any atom is -0.459 e. The zero-order chi connectivity index (χ0) is 15.1. The zero-order valence-electron chi connectivity index (χ0n) is 12.9. The lowest BCUT2D eigenvalue weighted by atomic mass is 10.2. The van der Waals surface area contributed by atoms with Crippen molar-refractivity contribution in [1.82, 2.24) is 5.32 Å². The predicted octanol–water partition coefficient (Wildman–Crippen LogP) is 4.02. The average molecular weight is 307 g/mol. The van der Waals surface area contributed by atoms with Crippen molar-refractivity contribution in [3.8, 4) is 0 Å². The van der Waals surface area contributed by atoms with Gasteiger partial charge in [0.25, 0.3) is 0 Å². The van der Waals surface area contributed by atoms with Gasteiger partial charge < -0.3 is 9.73 Å². The summed E-state index contributed by atoms with van der Waals surface area (Å²) in [6, 6.07) is 10.1. The normalized spacial score (nSPS) is 14.4.